The van der Waals surface area contributed by atoms with Crippen LogP contribution in [0.25, 0.3) is 0 Å². The summed E-state index contributed by atoms with van der Waals surface area (Å²) >= 11 is 0. The average Bonchev–Trinajstić information content (AvgIpc) is 2.75. The highest BCUT2D eigenvalue weighted by Gasteiger charge is 2.32. The van der Waals surface area contributed by atoms with Crippen LogP contribution in [0.3, 0.4) is 0 Å². The number of Topliss-reactive ketones (excluding diaryl/α,β-unsaturated/α-hetero) is 1. The molecule has 2 rings (SSSR count). The largest absolute Gasteiger partial charge is 0.490 e. The van der Waals surface area contributed by atoms with Crippen molar-refractivity contribution in [2.75, 3.05) is 6.61 Å². The van der Waals surface area contributed by atoms with Crippen molar-refractivity contribution in [3.8, 4) is 5.75 Å². The lowest BCUT2D eigenvalue weighted by molar-refractivity contribution is 0.00121. The Labute approximate surface area is 108 Å². The van der Waals surface area contributed by atoms with Crippen molar-refractivity contribution < 1.29 is 14.6 Å². The lowest BCUT2D eigenvalue weighted by atomic mass is 10.0. The lowest BCUT2D eigenvalue weighted by Gasteiger charge is -2.22. The zero-order valence-corrected chi connectivity index (χ0v) is 11.0. The summed E-state index contributed by atoms with van der Waals surface area (Å²) in [5, 5.41) is 10.2. The lowest BCUT2D eigenvalue weighted by Crippen LogP contribution is -2.32. The Bertz CT molecular complexity index is 445. The number of benzene rings is 1. The maximum atomic E-state index is 11.2. The first-order valence-electron chi connectivity index (χ1n) is 6.47. The van der Waals surface area contributed by atoms with E-state index >= 15 is 0 Å². The number of aryl methyl sites for hydroxylation is 1. The maximum Gasteiger partial charge on any atom is 0.159 e. The van der Waals surface area contributed by atoms with Crippen molar-refractivity contribution in [3.05, 3.63) is 29.3 Å². The molecule has 1 aliphatic carbocycles. The van der Waals surface area contributed by atoms with Gasteiger partial charge in [0.1, 0.15) is 12.4 Å². The number of hydrogen-bond acceptors (Lipinski definition) is 3. The predicted octanol–water partition coefficient (Wildman–Crippen LogP) is 2.88. The minimum absolute atomic E-state index is 0.0547. The normalized spacial score (nSPS) is 17.7. The summed E-state index contributed by atoms with van der Waals surface area (Å²) in [5.74, 6) is 0.805. The Morgan fingerprint density at radius 1 is 1.39 bits per heavy atom. The van der Waals surface area contributed by atoms with E-state index in [0.717, 1.165) is 37.0 Å². The van der Waals surface area contributed by atoms with E-state index < -0.39 is 5.60 Å². The second kappa shape index (κ2) is 5.11. The second-order valence-corrected chi connectivity index (χ2v) is 5.26. The van der Waals surface area contributed by atoms with Crippen molar-refractivity contribution in [1.82, 2.24) is 0 Å². The first-order valence-corrected chi connectivity index (χ1v) is 6.47. The summed E-state index contributed by atoms with van der Waals surface area (Å²) in [4.78, 5) is 11.2. The Kier molecular flexibility index (Phi) is 3.71. The fraction of sp³-hybridized carbons (Fsp3) is 0.533. The van der Waals surface area contributed by atoms with Crippen LogP contribution in [-0.2, 0) is 0 Å². The molecule has 0 atom stereocenters. The smallest absolute Gasteiger partial charge is 0.159 e. The summed E-state index contributed by atoms with van der Waals surface area (Å²) in [5.41, 5.74) is 0.967. The molecule has 1 N–H and O–H groups in total. The Morgan fingerprint density at radius 2 is 2.06 bits per heavy atom. The third-order valence-corrected chi connectivity index (χ3v) is 3.61. The van der Waals surface area contributed by atoms with Gasteiger partial charge in [0.05, 0.1) is 5.60 Å². The van der Waals surface area contributed by atoms with Gasteiger partial charge in [-0.15, -0.1) is 0 Å². The van der Waals surface area contributed by atoms with E-state index in [-0.39, 0.29) is 5.78 Å². The van der Waals surface area contributed by atoms with Crippen molar-refractivity contribution in [1.29, 1.82) is 0 Å². The summed E-state index contributed by atoms with van der Waals surface area (Å²) < 4.78 is 5.70. The van der Waals surface area contributed by atoms with Crippen LogP contribution < -0.4 is 4.74 Å². The van der Waals surface area contributed by atoms with Gasteiger partial charge < -0.3 is 9.84 Å². The predicted molar refractivity (Wildman–Crippen MR) is 70.1 cm³/mol. The van der Waals surface area contributed by atoms with Crippen LogP contribution in [0.4, 0.5) is 0 Å². The topological polar surface area (TPSA) is 46.5 Å². The summed E-state index contributed by atoms with van der Waals surface area (Å²) in [6, 6.07) is 5.41. The number of hydrogen-bond donors (Lipinski definition) is 1. The van der Waals surface area contributed by atoms with E-state index in [1.54, 1.807) is 13.0 Å². The highest BCUT2D eigenvalue weighted by molar-refractivity contribution is 5.94. The molecule has 1 aromatic rings. The molecule has 0 amide bonds. The van der Waals surface area contributed by atoms with Gasteiger partial charge >= 0.3 is 0 Å². The molecular weight excluding hydrogens is 228 g/mol. The van der Waals surface area contributed by atoms with Crippen LogP contribution in [-0.4, -0.2) is 23.1 Å². The van der Waals surface area contributed by atoms with Gasteiger partial charge in [0.25, 0.3) is 0 Å². The van der Waals surface area contributed by atoms with Gasteiger partial charge in [-0.2, -0.15) is 0 Å². The van der Waals surface area contributed by atoms with E-state index in [4.69, 9.17) is 4.74 Å². The zero-order valence-electron chi connectivity index (χ0n) is 11.0. The molecule has 0 aliphatic heterocycles. The third-order valence-electron chi connectivity index (χ3n) is 3.61. The molecule has 0 heterocycles. The average molecular weight is 248 g/mol. The zero-order chi connectivity index (χ0) is 13.2. The summed E-state index contributed by atoms with van der Waals surface area (Å²) in [6.45, 7) is 3.81. The Morgan fingerprint density at radius 3 is 2.61 bits per heavy atom. The first kappa shape index (κ1) is 13.1. The molecule has 0 unspecified atom stereocenters. The third kappa shape index (κ3) is 2.91. The van der Waals surface area contributed by atoms with Crippen LogP contribution in [0, 0.1) is 6.92 Å². The standard InChI is InChI=1S/C15H20O3/c1-11-9-13(12(2)16)5-6-14(11)18-10-15(17)7-3-4-8-15/h5-6,9,17H,3-4,7-8,10H2,1-2H3. The summed E-state index contributed by atoms with van der Waals surface area (Å²) in [6.07, 6.45) is 3.78. The van der Waals surface area contributed by atoms with Gasteiger partial charge in [-0.05, 0) is 50.5 Å². The van der Waals surface area contributed by atoms with Crippen LogP contribution in [0.1, 0.15) is 48.5 Å². The molecule has 0 aromatic heterocycles. The molecular formula is C15H20O3. The molecule has 0 radical (unpaired) electrons. The van der Waals surface area contributed by atoms with Crippen molar-refractivity contribution in [3.63, 3.8) is 0 Å². The quantitative estimate of drug-likeness (QED) is 0.833. The van der Waals surface area contributed by atoms with Crippen molar-refractivity contribution in [2.24, 2.45) is 0 Å². The number of rotatable bonds is 4. The van der Waals surface area contributed by atoms with E-state index in [1.807, 2.05) is 19.1 Å². The molecule has 3 heteroatoms. The number of ketones is 1. The number of ether oxygens (including phenoxy) is 1. The first-order chi connectivity index (χ1) is 8.50. The Hall–Kier alpha value is -1.35. The van der Waals surface area contributed by atoms with Gasteiger partial charge in [-0.1, -0.05) is 12.8 Å². The second-order valence-electron chi connectivity index (χ2n) is 5.26. The molecule has 1 aliphatic rings. The highest BCUT2D eigenvalue weighted by Crippen LogP contribution is 2.30. The molecule has 1 saturated carbocycles. The number of aliphatic hydroxyl groups is 1. The van der Waals surface area contributed by atoms with Gasteiger partial charge in [0.2, 0.25) is 0 Å². The SMILES string of the molecule is CC(=O)c1ccc(OCC2(O)CCCC2)c(C)c1. The molecule has 0 spiro atoms. The van der Waals surface area contributed by atoms with Crippen LogP contribution >= 0.6 is 0 Å². The molecule has 98 valence electrons. The highest BCUT2D eigenvalue weighted by atomic mass is 16.5. The fourth-order valence-corrected chi connectivity index (χ4v) is 2.42. The summed E-state index contributed by atoms with van der Waals surface area (Å²) in [7, 11) is 0. The number of carbonyl (C=O) groups is 1. The monoisotopic (exact) mass is 248 g/mol. The molecule has 1 aromatic carbocycles. The molecule has 1 fully saturated rings. The molecule has 0 saturated heterocycles. The van der Waals surface area contributed by atoms with Gasteiger partial charge in [-0.3, -0.25) is 4.79 Å². The van der Waals surface area contributed by atoms with Crippen molar-refractivity contribution >= 4 is 5.78 Å². The fourth-order valence-electron chi connectivity index (χ4n) is 2.42. The molecule has 3 nitrogen and oxygen atoms in total. The van der Waals surface area contributed by atoms with E-state index in [1.165, 1.54) is 0 Å². The van der Waals surface area contributed by atoms with Crippen LogP contribution in [0.15, 0.2) is 18.2 Å². The van der Waals surface area contributed by atoms with Gasteiger partial charge in [0, 0.05) is 5.56 Å². The molecule has 18 heavy (non-hydrogen) atoms. The van der Waals surface area contributed by atoms with Crippen LogP contribution in [0.5, 0.6) is 5.75 Å². The minimum atomic E-state index is -0.661. The van der Waals surface area contributed by atoms with Crippen LogP contribution in [0.2, 0.25) is 0 Å². The minimum Gasteiger partial charge on any atom is -0.490 e. The maximum absolute atomic E-state index is 11.2. The van der Waals surface area contributed by atoms with E-state index in [0.29, 0.717) is 12.2 Å². The Balaban J connectivity index is 2.03. The van der Waals surface area contributed by atoms with Crippen molar-refractivity contribution in [2.45, 2.75) is 45.1 Å². The molecule has 0 bridgehead atoms. The van der Waals surface area contributed by atoms with Gasteiger partial charge in [-0.25, -0.2) is 0 Å². The van der Waals surface area contributed by atoms with E-state index in [2.05, 4.69) is 0 Å². The van der Waals surface area contributed by atoms with Gasteiger partial charge in [0.15, 0.2) is 5.78 Å². The number of carbonyl (C=O) groups excluding carboxylic acids is 1. The van der Waals surface area contributed by atoms with E-state index in [9.17, 15) is 9.90 Å².